The molecule has 0 aromatic heterocycles. The van der Waals surface area contributed by atoms with Crippen molar-refractivity contribution in [1.29, 1.82) is 0 Å². The molecule has 21 heavy (non-hydrogen) atoms. The summed E-state index contributed by atoms with van der Waals surface area (Å²) in [7, 11) is 0. The van der Waals surface area contributed by atoms with Crippen molar-refractivity contribution >= 4 is 51.6 Å². The summed E-state index contributed by atoms with van der Waals surface area (Å²) in [6.07, 6.45) is 2.01. The van der Waals surface area contributed by atoms with Crippen LogP contribution in [0.2, 0.25) is 0 Å². The summed E-state index contributed by atoms with van der Waals surface area (Å²) in [6.45, 7) is 7.16. The van der Waals surface area contributed by atoms with E-state index < -0.39 is 0 Å². The third-order valence-electron chi connectivity index (χ3n) is 2.90. The van der Waals surface area contributed by atoms with E-state index in [-0.39, 0.29) is 0 Å². The number of benzene rings is 1. The van der Waals surface area contributed by atoms with Gasteiger partial charge in [0.15, 0.2) is 0 Å². The Balaban J connectivity index is 2.43. The Morgan fingerprint density at radius 2 is 1.90 bits per heavy atom. The van der Waals surface area contributed by atoms with E-state index in [1.54, 1.807) is 0 Å². The largest absolute Gasteiger partial charge is 0.493 e. The molecule has 1 heterocycles. The number of thioether (sulfide) groups is 1. The number of ether oxygens (including phenoxy) is 2. The van der Waals surface area contributed by atoms with Crippen LogP contribution in [-0.4, -0.2) is 22.5 Å². The van der Waals surface area contributed by atoms with Crippen molar-refractivity contribution in [1.82, 2.24) is 5.32 Å². The maximum atomic E-state index is 5.80. The Labute approximate surface area is 140 Å². The number of nitrogens with one attached hydrogen (secondary N) is 1. The Bertz CT molecular complexity index is 611. The van der Waals surface area contributed by atoms with Gasteiger partial charge in [-0.05, 0) is 39.0 Å². The molecule has 1 N–H and O–H groups in total. The van der Waals surface area contributed by atoms with Crippen molar-refractivity contribution in [2.45, 2.75) is 20.8 Å². The fourth-order valence-electron chi connectivity index (χ4n) is 2.02. The molecule has 112 valence electrons. The van der Waals surface area contributed by atoms with Gasteiger partial charge in [0.25, 0.3) is 0 Å². The molecule has 3 nitrogen and oxygen atoms in total. The van der Waals surface area contributed by atoms with Gasteiger partial charge in [0.2, 0.25) is 0 Å². The molecule has 0 aliphatic carbocycles. The molecule has 1 aromatic carbocycles. The summed E-state index contributed by atoms with van der Waals surface area (Å²) in [4.78, 5) is 1.61. The zero-order valence-corrected chi connectivity index (χ0v) is 14.6. The molecule has 0 spiro atoms. The highest BCUT2D eigenvalue weighted by molar-refractivity contribution is 8.27. The molecule has 1 aliphatic rings. The van der Waals surface area contributed by atoms with E-state index in [9.17, 15) is 0 Å². The Kier molecular flexibility index (Phi) is 5.61. The van der Waals surface area contributed by atoms with Gasteiger partial charge in [-0.3, -0.25) is 0 Å². The molecule has 0 radical (unpaired) electrons. The van der Waals surface area contributed by atoms with Gasteiger partial charge in [0, 0.05) is 11.1 Å². The highest BCUT2D eigenvalue weighted by atomic mass is 32.2. The first kappa shape index (κ1) is 16.3. The maximum Gasteiger partial charge on any atom is 0.143 e. The minimum absolute atomic E-state index is 0.598. The fourth-order valence-corrected chi connectivity index (χ4v) is 3.49. The van der Waals surface area contributed by atoms with Crippen LogP contribution in [0.5, 0.6) is 11.5 Å². The zero-order valence-electron chi connectivity index (χ0n) is 12.2. The van der Waals surface area contributed by atoms with E-state index >= 15 is 0 Å². The molecule has 0 unspecified atom stereocenters. The predicted molar refractivity (Wildman–Crippen MR) is 97.4 cm³/mol. The number of hydrogen-bond donors (Lipinski definition) is 1. The quantitative estimate of drug-likeness (QED) is 0.642. The van der Waals surface area contributed by atoms with E-state index in [4.69, 9.17) is 33.9 Å². The molecule has 0 saturated carbocycles. The van der Waals surface area contributed by atoms with E-state index in [0.29, 0.717) is 22.5 Å². The fraction of sp³-hybridized carbons (Fsp3) is 0.333. The van der Waals surface area contributed by atoms with Crippen LogP contribution in [-0.2, 0) is 0 Å². The number of hydrogen-bond acceptors (Lipinski definition) is 5. The second-order valence-corrected chi connectivity index (χ2v) is 6.45. The topological polar surface area (TPSA) is 30.5 Å². The van der Waals surface area contributed by atoms with Crippen molar-refractivity contribution in [3.05, 3.63) is 28.2 Å². The van der Waals surface area contributed by atoms with Crippen molar-refractivity contribution in [2.24, 2.45) is 0 Å². The van der Waals surface area contributed by atoms with Gasteiger partial charge < -0.3 is 14.8 Å². The van der Waals surface area contributed by atoms with Gasteiger partial charge in [0.1, 0.15) is 20.8 Å². The lowest BCUT2D eigenvalue weighted by molar-refractivity contribution is 0.318. The normalized spacial score (nSPS) is 16.2. The summed E-state index contributed by atoms with van der Waals surface area (Å²) < 4.78 is 12.1. The van der Waals surface area contributed by atoms with E-state index in [2.05, 4.69) is 5.32 Å². The maximum absolute atomic E-state index is 5.80. The smallest absolute Gasteiger partial charge is 0.143 e. The van der Waals surface area contributed by atoms with Crippen LogP contribution in [0.15, 0.2) is 17.0 Å². The van der Waals surface area contributed by atoms with Crippen LogP contribution in [0.1, 0.15) is 25.0 Å². The van der Waals surface area contributed by atoms with E-state index in [0.717, 1.165) is 27.5 Å². The SMILES string of the molecule is CCOc1ccc(/C=C2/SC(=S)NC2=S)c(OCC)c1C. The van der Waals surface area contributed by atoms with Crippen LogP contribution in [0.3, 0.4) is 0 Å². The van der Waals surface area contributed by atoms with Gasteiger partial charge in [-0.1, -0.05) is 36.2 Å². The Hall–Kier alpha value is -1.11. The number of thiocarbonyl (C=S) groups is 2. The standard InChI is InChI=1S/C15H17NO2S3/c1-4-17-11-7-6-10(13(9(11)3)18-5-2)8-12-14(19)16-15(20)21-12/h6-8H,4-5H2,1-3H3,(H,16,19,20)/b12-8+. The highest BCUT2D eigenvalue weighted by Gasteiger charge is 2.20. The van der Waals surface area contributed by atoms with E-state index in [1.807, 2.05) is 39.0 Å². The summed E-state index contributed by atoms with van der Waals surface area (Å²) in [5.74, 6) is 1.68. The predicted octanol–water partition coefficient (Wildman–Crippen LogP) is 4.08. The van der Waals surface area contributed by atoms with Gasteiger partial charge in [-0.25, -0.2) is 0 Å². The van der Waals surface area contributed by atoms with Gasteiger partial charge >= 0.3 is 0 Å². The molecule has 1 aromatic rings. The molecule has 0 amide bonds. The first-order valence-corrected chi connectivity index (χ1v) is 8.34. The summed E-state index contributed by atoms with van der Waals surface area (Å²) in [6, 6.07) is 3.95. The molecule has 1 saturated heterocycles. The van der Waals surface area contributed by atoms with Crippen LogP contribution >= 0.6 is 36.2 Å². The van der Waals surface area contributed by atoms with E-state index in [1.165, 1.54) is 11.8 Å². The van der Waals surface area contributed by atoms with Gasteiger partial charge in [0.05, 0.1) is 18.1 Å². The molecule has 1 aliphatic heterocycles. The van der Waals surface area contributed by atoms with Crippen LogP contribution in [0.25, 0.3) is 6.08 Å². The number of rotatable bonds is 5. The second kappa shape index (κ2) is 7.24. The van der Waals surface area contributed by atoms with Crippen molar-refractivity contribution in [3.63, 3.8) is 0 Å². The monoisotopic (exact) mass is 339 g/mol. The minimum atomic E-state index is 0.598. The first-order valence-electron chi connectivity index (χ1n) is 6.70. The van der Waals surface area contributed by atoms with Crippen LogP contribution < -0.4 is 14.8 Å². The molecule has 2 rings (SSSR count). The van der Waals surface area contributed by atoms with Crippen molar-refractivity contribution < 1.29 is 9.47 Å². The average molecular weight is 340 g/mol. The molecule has 0 atom stereocenters. The molecule has 1 fully saturated rings. The second-order valence-electron chi connectivity index (χ2n) is 4.33. The molecular weight excluding hydrogens is 322 g/mol. The average Bonchev–Trinajstić information content (AvgIpc) is 2.75. The van der Waals surface area contributed by atoms with Crippen LogP contribution in [0, 0.1) is 6.92 Å². The zero-order chi connectivity index (χ0) is 15.4. The van der Waals surface area contributed by atoms with Crippen molar-refractivity contribution in [2.75, 3.05) is 13.2 Å². The summed E-state index contributed by atoms with van der Waals surface area (Å²) in [5.41, 5.74) is 1.98. The molecule has 0 bridgehead atoms. The van der Waals surface area contributed by atoms with Gasteiger partial charge in [-0.2, -0.15) is 0 Å². The highest BCUT2D eigenvalue weighted by Crippen LogP contribution is 2.35. The van der Waals surface area contributed by atoms with Crippen LogP contribution in [0.4, 0.5) is 0 Å². The summed E-state index contributed by atoms with van der Waals surface area (Å²) >= 11 is 11.9. The lowest BCUT2D eigenvalue weighted by Crippen LogP contribution is -2.15. The van der Waals surface area contributed by atoms with Crippen molar-refractivity contribution in [3.8, 4) is 11.5 Å². The minimum Gasteiger partial charge on any atom is -0.493 e. The molecule has 6 heteroatoms. The third-order valence-corrected chi connectivity index (χ3v) is 4.54. The Morgan fingerprint density at radius 3 is 2.48 bits per heavy atom. The third kappa shape index (κ3) is 3.75. The Morgan fingerprint density at radius 1 is 1.19 bits per heavy atom. The van der Waals surface area contributed by atoms with Gasteiger partial charge in [-0.15, -0.1) is 0 Å². The summed E-state index contributed by atoms with van der Waals surface area (Å²) in [5, 5.41) is 2.98. The lowest BCUT2D eigenvalue weighted by atomic mass is 10.1. The molecular formula is C15H17NO2S3. The lowest BCUT2D eigenvalue weighted by Gasteiger charge is -2.15. The first-order chi connectivity index (χ1) is 10.1.